The summed E-state index contributed by atoms with van der Waals surface area (Å²) in [5.41, 5.74) is 7.00. The van der Waals surface area contributed by atoms with Gasteiger partial charge in [-0.15, -0.1) is 0 Å². The van der Waals surface area contributed by atoms with Gasteiger partial charge in [0.05, 0.1) is 11.3 Å². The lowest BCUT2D eigenvalue weighted by Gasteiger charge is -2.41. The molecule has 3 heterocycles. The normalized spacial score (nSPS) is 17.7. The molecule has 1 aromatic heterocycles. The summed E-state index contributed by atoms with van der Waals surface area (Å²) in [6.45, 7) is 17.1. The van der Waals surface area contributed by atoms with Crippen LogP contribution < -0.4 is 4.90 Å². The van der Waals surface area contributed by atoms with Gasteiger partial charge in [0.2, 0.25) is 0 Å². The summed E-state index contributed by atoms with van der Waals surface area (Å²) in [6.07, 6.45) is 1.49. The highest BCUT2D eigenvalue weighted by Crippen LogP contribution is 2.45. The largest absolute Gasteiger partial charge is 0.479 e. The van der Waals surface area contributed by atoms with E-state index in [1.165, 1.54) is 0 Å². The maximum atomic E-state index is 13.8. The Hall–Kier alpha value is -3.43. The molecule has 0 radical (unpaired) electrons. The third kappa shape index (κ3) is 7.20. The van der Waals surface area contributed by atoms with Crippen molar-refractivity contribution in [1.29, 1.82) is 0 Å². The van der Waals surface area contributed by atoms with Gasteiger partial charge in [-0.1, -0.05) is 32.0 Å². The summed E-state index contributed by atoms with van der Waals surface area (Å²) in [6, 6.07) is 8.41. The highest BCUT2D eigenvalue weighted by molar-refractivity contribution is 5.88. The highest BCUT2D eigenvalue weighted by atomic mass is 19.2. The van der Waals surface area contributed by atoms with Crippen LogP contribution in [0.4, 0.5) is 18.9 Å². The SMILES string of the molecule is Cc1nc(C)c(C(OC(C)(C)C)C(=O)O)c(N2CCC(C)(C)CC2)c1-c1ccc2c(c1)CCN(Cc1cc(F)c(F)c(F)c1)C2. The molecule has 1 unspecified atom stereocenters. The summed E-state index contributed by atoms with van der Waals surface area (Å²) in [7, 11) is 0. The van der Waals surface area contributed by atoms with E-state index >= 15 is 0 Å². The second kappa shape index (κ2) is 12.4. The quantitative estimate of drug-likeness (QED) is 0.270. The molecule has 6 nitrogen and oxygen atoms in total. The Kier molecular flexibility index (Phi) is 9.08. The van der Waals surface area contributed by atoms with Crippen LogP contribution in [0.5, 0.6) is 0 Å². The van der Waals surface area contributed by atoms with Gasteiger partial charge in [-0.25, -0.2) is 18.0 Å². The molecule has 0 aliphatic carbocycles. The number of carboxylic acids is 1. The number of aryl methyl sites for hydroxylation is 2. The fourth-order valence-electron chi connectivity index (χ4n) is 6.61. The van der Waals surface area contributed by atoms with Gasteiger partial charge in [0.25, 0.3) is 0 Å². The molecular formula is C36H44F3N3O3. The third-order valence-electron chi connectivity index (χ3n) is 9.01. The number of halogens is 3. The standard InChI is InChI=1S/C36H44F3N3O3/c1-21-29(25-8-9-26-20-41(13-10-24(26)18-25)19-23-16-27(37)31(39)28(38)17-23)32(42-14-11-36(6,7)12-15-42)30(22(2)40-21)33(34(43)44)45-35(3,4)5/h8-9,16-18,33H,10-15,19-20H2,1-7H3,(H,43,44). The van der Waals surface area contributed by atoms with Crippen LogP contribution in [-0.4, -0.2) is 46.2 Å². The molecule has 0 bridgehead atoms. The van der Waals surface area contributed by atoms with Crippen LogP contribution >= 0.6 is 0 Å². The minimum absolute atomic E-state index is 0.200. The predicted octanol–water partition coefficient (Wildman–Crippen LogP) is 7.91. The monoisotopic (exact) mass is 623 g/mol. The maximum absolute atomic E-state index is 13.8. The Bertz CT molecular complexity index is 1580. The van der Waals surface area contributed by atoms with Crippen LogP contribution in [0.25, 0.3) is 11.1 Å². The number of hydrogen-bond donors (Lipinski definition) is 1. The number of aromatic nitrogens is 1. The molecule has 2 aromatic carbocycles. The number of ether oxygens (including phenoxy) is 1. The molecule has 242 valence electrons. The molecule has 1 atom stereocenters. The van der Waals surface area contributed by atoms with E-state index < -0.39 is 35.1 Å². The molecule has 0 spiro atoms. The van der Waals surface area contributed by atoms with Crippen LogP contribution in [0.1, 0.15) is 87.2 Å². The zero-order valence-electron chi connectivity index (χ0n) is 27.4. The van der Waals surface area contributed by atoms with Crippen molar-refractivity contribution in [3.8, 4) is 11.1 Å². The summed E-state index contributed by atoms with van der Waals surface area (Å²) >= 11 is 0. The zero-order valence-corrected chi connectivity index (χ0v) is 27.4. The van der Waals surface area contributed by atoms with Crippen LogP contribution in [-0.2, 0) is 29.0 Å². The van der Waals surface area contributed by atoms with Gasteiger partial charge in [0, 0.05) is 55.2 Å². The minimum atomic E-state index is -1.45. The molecule has 1 N–H and O–H groups in total. The van der Waals surface area contributed by atoms with Crippen molar-refractivity contribution in [2.75, 3.05) is 24.5 Å². The van der Waals surface area contributed by atoms with Crippen molar-refractivity contribution >= 4 is 11.7 Å². The van der Waals surface area contributed by atoms with E-state index in [1.807, 2.05) is 34.6 Å². The summed E-state index contributed by atoms with van der Waals surface area (Å²) in [4.78, 5) is 22.1. The van der Waals surface area contributed by atoms with Gasteiger partial charge in [0.1, 0.15) is 0 Å². The number of anilines is 1. The average molecular weight is 624 g/mol. The Labute approximate surface area is 264 Å². The minimum Gasteiger partial charge on any atom is -0.479 e. The van der Waals surface area contributed by atoms with Gasteiger partial charge in [-0.2, -0.15) is 0 Å². The van der Waals surface area contributed by atoms with Crippen molar-refractivity contribution in [2.24, 2.45) is 5.41 Å². The van der Waals surface area contributed by atoms with Crippen LogP contribution in [0.15, 0.2) is 30.3 Å². The topological polar surface area (TPSA) is 65.9 Å². The van der Waals surface area contributed by atoms with E-state index in [4.69, 9.17) is 9.72 Å². The van der Waals surface area contributed by atoms with Crippen molar-refractivity contribution in [3.05, 3.63) is 81.4 Å². The van der Waals surface area contributed by atoms with Gasteiger partial charge < -0.3 is 14.7 Å². The first-order valence-electron chi connectivity index (χ1n) is 15.7. The Morgan fingerprint density at radius 3 is 2.24 bits per heavy atom. The summed E-state index contributed by atoms with van der Waals surface area (Å²) < 4.78 is 47.3. The first kappa shape index (κ1) is 32.9. The number of benzene rings is 2. The molecule has 45 heavy (non-hydrogen) atoms. The van der Waals surface area contributed by atoms with E-state index in [1.54, 1.807) is 0 Å². The van der Waals surface area contributed by atoms with E-state index in [9.17, 15) is 23.1 Å². The van der Waals surface area contributed by atoms with Crippen LogP contribution in [0.2, 0.25) is 0 Å². The number of piperidine rings is 1. The van der Waals surface area contributed by atoms with Gasteiger partial charge >= 0.3 is 5.97 Å². The molecular weight excluding hydrogens is 579 g/mol. The first-order valence-corrected chi connectivity index (χ1v) is 15.7. The number of aliphatic carboxylic acids is 1. The fraction of sp³-hybridized carbons (Fsp3) is 0.500. The lowest BCUT2D eigenvalue weighted by atomic mass is 9.81. The molecule has 1 fully saturated rings. The summed E-state index contributed by atoms with van der Waals surface area (Å²) in [5, 5.41) is 10.4. The van der Waals surface area contributed by atoms with E-state index in [0.717, 1.165) is 78.1 Å². The predicted molar refractivity (Wildman–Crippen MR) is 170 cm³/mol. The number of carboxylic acid groups (broad SMARTS) is 1. The molecule has 2 aliphatic heterocycles. The van der Waals surface area contributed by atoms with Gasteiger partial charge in [-0.3, -0.25) is 9.88 Å². The van der Waals surface area contributed by atoms with Crippen molar-refractivity contribution in [2.45, 2.75) is 92.5 Å². The number of hydrogen-bond acceptors (Lipinski definition) is 5. The smallest absolute Gasteiger partial charge is 0.337 e. The molecule has 0 saturated carbocycles. The van der Waals surface area contributed by atoms with Gasteiger partial charge in [0.15, 0.2) is 23.6 Å². The molecule has 5 rings (SSSR count). The fourth-order valence-corrected chi connectivity index (χ4v) is 6.61. The van der Waals surface area contributed by atoms with Crippen LogP contribution in [0.3, 0.4) is 0 Å². The van der Waals surface area contributed by atoms with Crippen molar-refractivity contribution in [3.63, 3.8) is 0 Å². The van der Waals surface area contributed by atoms with E-state index in [0.29, 0.717) is 36.5 Å². The lowest BCUT2D eigenvalue weighted by molar-refractivity contribution is -0.160. The number of fused-ring (bicyclic) bond motifs is 1. The molecule has 9 heteroatoms. The van der Waals surface area contributed by atoms with Gasteiger partial charge in [-0.05, 0) is 93.7 Å². The average Bonchev–Trinajstić information content (AvgIpc) is 2.94. The third-order valence-corrected chi connectivity index (χ3v) is 9.01. The highest BCUT2D eigenvalue weighted by Gasteiger charge is 2.36. The molecule has 1 saturated heterocycles. The van der Waals surface area contributed by atoms with Crippen molar-refractivity contribution in [1.82, 2.24) is 9.88 Å². The molecule has 0 amide bonds. The zero-order chi connectivity index (χ0) is 32.8. The van der Waals surface area contributed by atoms with E-state index in [-0.39, 0.29) is 5.41 Å². The maximum Gasteiger partial charge on any atom is 0.337 e. The Balaban J connectivity index is 1.55. The van der Waals surface area contributed by atoms with Crippen LogP contribution in [0, 0.1) is 36.7 Å². The molecule has 3 aromatic rings. The Morgan fingerprint density at radius 2 is 1.64 bits per heavy atom. The lowest BCUT2D eigenvalue weighted by Crippen LogP contribution is -2.39. The molecule has 2 aliphatic rings. The number of pyridine rings is 1. The Morgan fingerprint density at radius 1 is 1.00 bits per heavy atom. The first-order chi connectivity index (χ1) is 21.0. The number of carbonyl (C=O) groups is 1. The van der Waals surface area contributed by atoms with E-state index in [2.05, 4.69) is 41.8 Å². The summed E-state index contributed by atoms with van der Waals surface area (Å²) in [5.74, 6) is -4.86. The second-order valence-electron chi connectivity index (χ2n) is 14.3. The number of nitrogens with zero attached hydrogens (tertiary/aromatic N) is 3. The van der Waals surface area contributed by atoms with Crippen molar-refractivity contribution < 1.29 is 27.8 Å². The number of rotatable bonds is 7. The second-order valence-corrected chi connectivity index (χ2v) is 14.3.